The number of halogens is 3. The van der Waals surface area contributed by atoms with E-state index in [1.54, 1.807) is 0 Å². The van der Waals surface area contributed by atoms with Gasteiger partial charge in [-0.05, 0) is 38.0 Å². The topological polar surface area (TPSA) is 20.3 Å². The summed E-state index contributed by atoms with van der Waals surface area (Å²) in [6.07, 6.45) is -0.832. The van der Waals surface area contributed by atoms with Crippen molar-refractivity contribution in [3.8, 4) is 0 Å². The number of amides is 1. The van der Waals surface area contributed by atoms with Gasteiger partial charge in [-0.3, -0.25) is 4.79 Å². The van der Waals surface area contributed by atoms with Crippen molar-refractivity contribution >= 4 is 5.91 Å². The van der Waals surface area contributed by atoms with Crippen molar-refractivity contribution < 1.29 is 18.0 Å². The quantitative estimate of drug-likeness (QED) is 0.766. The van der Waals surface area contributed by atoms with E-state index < -0.39 is 18.0 Å². The smallest absolute Gasteiger partial charge is 0.339 e. The van der Waals surface area contributed by atoms with Gasteiger partial charge >= 0.3 is 6.18 Å². The summed E-state index contributed by atoms with van der Waals surface area (Å²) in [5, 5.41) is 0. The molecule has 0 aliphatic heterocycles. The van der Waals surface area contributed by atoms with E-state index in [-0.39, 0.29) is 24.8 Å². The zero-order chi connectivity index (χ0) is 14.9. The van der Waals surface area contributed by atoms with Gasteiger partial charge in [0.05, 0.1) is 5.92 Å². The average molecular weight is 291 g/mol. The molecule has 2 saturated carbocycles. The predicted octanol–water partition coefficient (Wildman–Crippen LogP) is 4.00. The zero-order valence-corrected chi connectivity index (χ0v) is 12.2. The van der Waals surface area contributed by atoms with Gasteiger partial charge in [0.25, 0.3) is 0 Å². The molecule has 0 saturated heterocycles. The van der Waals surface area contributed by atoms with E-state index in [0.717, 1.165) is 12.8 Å². The molecule has 0 heterocycles. The van der Waals surface area contributed by atoms with E-state index >= 15 is 0 Å². The number of alkyl halides is 3. The van der Waals surface area contributed by atoms with Crippen LogP contribution in [0.25, 0.3) is 0 Å². The Labute approximate surface area is 118 Å². The number of nitrogens with zero attached hydrogens (tertiary/aromatic N) is 1. The van der Waals surface area contributed by atoms with Gasteiger partial charge in [-0.2, -0.15) is 13.2 Å². The maximum atomic E-state index is 12.8. The molecule has 0 aromatic heterocycles. The van der Waals surface area contributed by atoms with Crippen LogP contribution in [0, 0.1) is 17.8 Å². The Balaban J connectivity index is 1.99. The number of hydrogen-bond donors (Lipinski definition) is 0. The van der Waals surface area contributed by atoms with E-state index in [0.29, 0.717) is 25.3 Å². The molecule has 2 aliphatic rings. The van der Waals surface area contributed by atoms with Gasteiger partial charge in [0.2, 0.25) is 5.91 Å². The normalized spacial score (nSPS) is 27.7. The van der Waals surface area contributed by atoms with E-state index in [1.807, 2.05) is 18.7 Å². The fourth-order valence-corrected chi connectivity index (χ4v) is 3.14. The molecule has 5 heteroatoms. The van der Waals surface area contributed by atoms with Crippen LogP contribution in [0.2, 0.25) is 0 Å². The molecular weight excluding hydrogens is 267 g/mol. The van der Waals surface area contributed by atoms with Crippen LogP contribution in [0.3, 0.4) is 0 Å². The molecule has 2 aliphatic carbocycles. The zero-order valence-electron chi connectivity index (χ0n) is 12.2. The number of rotatable bonds is 4. The summed E-state index contributed by atoms with van der Waals surface area (Å²) in [7, 11) is 0. The molecule has 2 fully saturated rings. The van der Waals surface area contributed by atoms with Gasteiger partial charge in [-0.15, -0.1) is 0 Å². The number of carbonyl (C=O) groups is 1. The lowest BCUT2D eigenvalue weighted by atomic mass is 9.80. The molecule has 2 atom stereocenters. The highest BCUT2D eigenvalue weighted by atomic mass is 19.4. The summed E-state index contributed by atoms with van der Waals surface area (Å²) in [4.78, 5) is 14.4. The Bertz CT molecular complexity index is 350. The second-order valence-electron chi connectivity index (χ2n) is 6.72. The molecule has 0 aromatic carbocycles. The molecule has 0 bridgehead atoms. The molecule has 0 N–H and O–H groups in total. The lowest BCUT2D eigenvalue weighted by Gasteiger charge is -2.34. The lowest BCUT2D eigenvalue weighted by Crippen LogP contribution is -2.43. The first-order valence-corrected chi connectivity index (χ1v) is 7.66. The van der Waals surface area contributed by atoms with Crippen LogP contribution in [0.15, 0.2) is 0 Å². The summed E-state index contributed by atoms with van der Waals surface area (Å²) >= 11 is 0. The Kier molecular flexibility index (Phi) is 4.65. The van der Waals surface area contributed by atoms with Crippen LogP contribution < -0.4 is 0 Å². The second kappa shape index (κ2) is 5.94. The average Bonchev–Trinajstić information content (AvgIpc) is 3.18. The molecule has 0 aromatic rings. The van der Waals surface area contributed by atoms with Gasteiger partial charge in [0.15, 0.2) is 0 Å². The molecule has 0 radical (unpaired) electrons. The fraction of sp³-hybridized carbons (Fsp3) is 0.933. The van der Waals surface area contributed by atoms with Crippen molar-refractivity contribution in [3.05, 3.63) is 0 Å². The van der Waals surface area contributed by atoms with Crippen LogP contribution in [0.1, 0.15) is 52.4 Å². The van der Waals surface area contributed by atoms with Crippen molar-refractivity contribution in [1.82, 2.24) is 4.90 Å². The molecule has 2 nitrogen and oxygen atoms in total. The van der Waals surface area contributed by atoms with Crippen molar-refractivity contribution in [2.24, 2.45) is 17.8 Å². The van der Waals surface area contributed by atoms with Gasteiger partial charge in [-0.1, -0.05) is 20.3 Å². The maximum absolute atomic E-state index is 12.8. The maximum Gasteiger partial charge on any atom is 0.391 e. The first kappa shape index (κ1) is 15.6. The van der Waals surface area contributed by atoms with E-state index in [4.69, 9.17) is 0 Å². The third-order valence-corrected chi connectivity index (χ3v) is 4.32. The molecule has 2 unspecified atom stereocenters. The Morgan fingerprint density at radius 3 is 2.35 bits per heavy atom. The Hall–Kier alpha value is -0.740. The van der Waals surface area contributed by atoms with Crippen molar-refractivity contribution in [1.29, 1.82) is 0 Å². The standard InChI is InChI=1S/C15H24F3NO/c1-10(2)9-19(13-6-7-13)14(20)11-4-3-5-12(8-11)15(16,17)18/h10-13H,3-9H2,1-2H3. The number of hydrogen-bond acceptors (Lipinski definition) is 1. The fourth-order valence-electron chi connectivity index (χ4n) is 3.14. The van der Waals surface area contributed by atoms with Crippen LogP contribution in [0.5, 0.6) is 0 Å². The van der Waals surface area contributed by atoms with Gasteiger partial charge in [0, 0.05) is 18.5 Å². The summed E-state index contributed by atoms with van der Waals surface area (Å²) in [6.45, 7) is 4.76. The van der Waals surface area contributed by atoms with Crippen molar-refractivity contribution in [3.63, 3.8) is 0 Å². The minimum atomic E-state index is -4.15. The van der Waals surface area contributed by atoms with E-state index in [2.05, 4.69) is 0 Å². The van der Waals surface area contributed by atoms with Gasteiger partial charge in [0.1, 0.15) is 0 Å². The second-order valence-corrected chi connectivity index (χ2v) is 6.72. The summed E-state index contributed by atoms with van der Waals surface area (Å²) in [5.74, 6) is -1.38. The predicted molar refractivity (Wildman–Crippen MR) is 71.1 cm³/mol. The Morgan fingerprint density at radius 1 is 1.20 bits per heavy atom. The molecule has 2 rings (SSSR count). The van der Waals surface area contributed by atoms with E-state index in [9.17, 15) is 18.0 Å². The molecule has 0 spiro atoms. The van der Waals surface area contributed by atoms with Gasteiger partial charge < -0.3 is 4.90 Å². The SMILES string of the molecule is CC(C)CN(C(=O)C1CCCC(C(F)(F)F)C1)C1CC1. The van der Waals surface area contributed by atoms with Crippen molar-refractivity contribution in [2.75, 3.05) is 6.54 Å². The van der Waals surface area contributed by atoms with Crippen LogP contribution in [0.4, 0.5) is 13.2 Å². The molecule has 116 valence electrons. The van der Waals surface area contributed by atoms with Crippen LogP contribution in [-0.4, -0.2) is 29.6 Å². The molecule has 20 heavy (non-hydrogen) atoms. The highest BCUT2D eigenvalue weighted by Crippen LogP contribution is 2.41. The highest BCUT2D eigenvalue weighted by Gasteiger charge is 2.45. The number of carbonyl (C=O) groups excluding carboxylic acids is 1. The first-order valence-electron chi connectivity index (χ1n) is 7.66. The highest BCUT2D eigenvalue weighted by molar-refractivity contribution is 5.79. The monoisotopic (exact) mass is 291 g/mol. The minimum absolute atomic E-state index is 0.0103. The summed E-state index contributed by atoms with van der Waals surface area (Å²) in [6, 6.07) is 0.288. The molecular formula is C15H24F3NO. The minimum Gasteiger partial charge on any atom is -0.339 e. The summed E-state index contributed by atoms with van der Waals surface area (Å²) < 4.78 is 38.5. The Morgan fingerprint density at radius 2 is 1.85 bits per heavy atom. The first-order chi connectivity index (χ1) is 9.29. The third kappa shape index (κ3) is 3.89. The van der Waals surface area contributed by atoms with Crippen LogP contribution >= 0.6 is 0 Å². The summed E-state index contributed by atoms with van der Waals surface area (Å²) in [5.41, 5.74) is 0. The van der Waals surface area contributed by atoms with E-state index in [1.165, 1.54) is 0 Å². The third-order valence-electron chi connectivity index (χ3n) is 4.32. The molecule has 1 amide bonds. The largest absolute Gasteiger partial charge is 0.391 e. The lowest BCUT2D eigenvalue weighted by molar-refractivity contribution is -0.187. The van der Waals surface area contributed by atoms with Gasteiger partial charge in [-0.25, -0.2) is 0 Å². The van der Waals surface area contributed by atoms with Crippen molar-refractivity contribution in [2.45, 2.75) is 64.6 Å². The van der Waals surface area contributed by atoms with Crippen LogP contribution in [-0.2, 0) is 4.79 Å².